The van der Waals surface area contributed by atoms with Crippen molar-refractivity contribution in [3.63, 3.8) is 0 Å². The van der Waals surface area contributed by atoms with Gasteiger partial charge in [-0.15, -0.1) is 4.40 Å². The number of aromatic nitrogens is 2. The van der Waals surface area contributed by atoms with Crippen LogP contribution in [0.2, 0.25) is 0 Å². The molecule has 7 nitrogen and oxygen atoms in total. The maximum absolute atomic E-state index is 13.7. The Kier molecular flexibility index (Phi) is 6.55. The fraction of sp³-hybridized carbons (Fsp3) is 0.346. The van der Waals surface area contributed by atoms with Crippen molar-refractivity contribution in [2.75, 3.05) is 6.61 Å². The second-order valence-corrected chi connectivity index (χ2v) is 11.1. The van der Waals surface area contributed by atoms with Crippen LogP contribution in [0.4, 0.5) is 0 Å². The normalized spacial score (nSPS) is 21.8. The topological polar surface area (TPSA) is 102 Å². The van der Waals surface area contributed by atoms with Crippen molar-refractivity contribution in [2.45, 2.75) is 49.9 Å². The Morgan fingerprint density at radius 2 is 1.68 bits per heavy atom. The van der Waals surface area contributed by atoms with Gasteiger partial charge >= 0.3 is 0 Å². The van der Waals surface area contributed by atoms with Crippen LogP contribution in [-0.4, -0.2) is 41.6 Å². The highest BCUT2D eigenvalue weighted by Crippen LogP contribution is 2.47. The summed E-state index contributed by atoms with van der Waals surface area (Å²) in [6, 6.07) is 17.0. The number of nitrogens with zero attached hydrogens (tertiary/aromatic N) is 3. The second kappa shape index (κ2) is 9.27. The van der Waals surface area contributed by atoms with Gasteiger partial charge < -0.3 is 9.84 Å². The smallest absolute Gasteiger partial charge is 0.269 e. The molecular weight excluding hydrogens is 450 g/mol. The van der Waals surface area contributed by atoms with E-state index < -0.39 is 20.4 Å². The molecule has 3 aromatic rings. The van der Waals surface area contributed by atoms with Gasteiger partial charge in [0.1, 0.15) is 11.9 Å². The lowest BCUT2D eigenvalue weighted by molar-refractivity contribution is 0.0424. The highest BCUT2D eigenvalue weighted by atomic mass is 32.2. The standard InChI is InChI=1S/C26H29N3O4S/c1-25(2)26(3,23-11-7-10-20(14-23)22-16-27-18-28-17-22)34(31,32)29-24(33-25)15-21(12-13-30)19-8-5-4-6-9-19/h4-11,14,16-18,21,30H,12-13,15H2,1-3H3/t21-,26?/m1/s1. The molecule has 178 valence electrons. The van der Waals surface area contributed by atoms with Crippen molar-refractivity contribution in [3.8, 4) is 11.1 Å². The lowest BCUT2D eigenvalue weighted by Crippen LogP contribution is -2.56. The zero-order valence-corrected chi connectivity index (χ0v) is 20.4. The van der Waals surface area contributed by atoms with Crippen LogP contribution in [0.1, 0.15) is 50.7 Å². The zero-order valence-electron chi connectivity index (χ0n) is 19.5. The molecule has 1 N–H and O–H groups in total. The summed E-state index contributed by atoms with van der Waals surface area (Å²) in [6.45, 7) is 5.20. The molecule has 0 spiro atoms. The zero-order chi connectivity index (χ0) is 24.4. The lowest BCUT2D eigenvalue weighted by atomic mass is 9.83. The summed E-state index contributed by atoms with van der Waals surface area (Å²) in [5.41, 5.74) is 2.08. The van der Waals surface area contributed by atoms with Crippen molar-refractivity contribution in [2.24, 2.45) is 4.40 Å². The summed E-state index contributed by atoms with van der Waals surface area (Å²) in [7, 11) is -4.01. The number of hydrogen-bond donors (Lipinski definition) is 1. The molecule has 0 aliphatic carbocycles. The predicted molar refractivity (Wildman–Crippen MR) is 132 cm³/mol. The Labute approximate surface area is 200 Å². The quantitative estimate of drug-likeness (QED) is 0.537. The minimum Gasteiger partial charge on any atom is -0.472 e. The minimum absolute atomic E-state index is 0.0172. The van der Waals surface area contributed by atoms with Crippen LogP contribution in [-0.2, 0) is 19.5 Å². The van der Waals surface area contributed by atoms with Gasteiger partial charge in [-0.1, -0.05) is 48.5 Å². The maximum Gasteiger partial charge on any atom is 0.269 e. The molecule has 1 aliphatic heterocycles. The first-order valence-electron chi connectivity index (χ1n) is 11.2. The third kappa shape index (κ3) is 4.35. The SMILES string of the molecule is CC1(C)OC(C[C@@H](CCO)c2ccccc2)=NS(=O)(=O)C1(C)c1cccc(-c2cncnc2)c1. The summed E-state index contributed by atoms with van der Waals surface area (Å²) in [6.07, 6.45) is 5.59. The van der Waals surface area contributed by atoms with E-state index in [1.165, 1.54) is 6.33 Å². The Morgan fingerprint density at radius 3 is 2.32 bits per heavy atom. The number of benzene rings is 2. The molecule has 4 rings (SSSR count). The van der Waals surface area contributed by atoms with Gasteiger partial charge in [-0.25, -0.2) is 18.4 Å². The van der Waals surface area contributed by atoms with E-state index in [2.05, 4.69) is 14.4 Å². The molecule has 8 heteroatoms. The molecule has 2 aromatic carbocycles. The number of ether oxygens (including phenoxy) is 1. The average molecular weight is 480 g/mol. The molecule has 34 heavy (non-hydrogen) atoms. The molecule has 1 aromatic heterocycles. The van der Waals surface area contributed by atoms with Crippen molar-refractivity contribution in [1.82, 2.24) is 9.97 Å². The van der Waals surface area contributed by atoms with Crippen LogP contribution in [0.15, 0.2) is 77.7 Å². The molecule has 0 radical (unpaired) electrons. The first-order valence-corrected chi connectivity index (χ1v) is 12.7. The average Bonchev–Trinajstić information content (AvgIpc) is 2.83. The second-order valence-electron chi connectivity index (χ2n) is 9.14. The van der Waals surface area contributed by atoms with Gasteiger partial charge in [0.05, 0.1) is 0 Å². The van der Waals surface area contributed by atoms with E-state index in [1.807, 2.05) is 48.5 Å². The van der Waals surface area contributed by atoms with E-state index in [1.54, 1.807) is 39.2 Å². The fourth-order valence-electron chi connectivity index (χ4n) is 4.44. The molecule has 0 fully saturated rings. The summed E-state index contributed by atoms with van der Waals surface area (Å²) in [4.78, 5) is 8.12. The fourth-order valence-corrected chi connectivity index (χ4v) is 6.09. The van der Waals surface area contributed by atoms with Crippen LogP contribution in [0.5, 0.6) is 0 Å². The van der Waals surface area contributed by atoms with E-state index in [4.69, 9.17) is 4.74 Å². The monoisotopic (exact) mass is 479 g/mol. The molecule has 0 amide bonds. The maximum atomic E-state index is 13.7. The molecule has 0 bridgehead atoms. The summed E-state index contributed by atoms with van der Waals surface area (Å²) < 4.78 is 36.4. The molecule has 0 saturated heterocycles. The lowest BCUT2D eigenvalue weighted by Gasteiger charge is -2.45. The van der Waals surface area contributed by atoms with Gasteiger partial charge in [0, 0.05) is 31.0 Å². The van der Waals surface area contributed by atoms with Crippen LogP contribution in [0.25, 0.3) is 11.1 Å². The number of rotatable bonds is 7. The van der Waals surface area contributed by atoms with Gasteiger partial charge in [-0.05, 0) is 55.9 Å². The van der Waals surface area contributed by atoms with E-state index >= 15 is 0 Å². The molecule has 2 atom stereocenters. The van der Waals surface area contributed by atoms with E-state index in [0.29, 0.717) is 12.0 Å². The largest absolute Gasteiger partial charge is 0.472 e. The molecule has 0 saturated carbocycles. The number of aliphatic hydroxyl groups is 1. The molecule has 1 aliphatic rings. The summed E-state index contributed by atoms with van der Waals surface area (Å²) in [5, 5.41) is 9.58. The third-order valence-corrected chi connectivity index (χ3v) is 8.94. The van der Waals surface area contributed by atoms with Crippen molar-refractivity contribution in [1.29, 1.82) is 0 Å². The van der Waals surface area contributed by atoms with Crippen LogP contribution < -0.4 is 0 Å². The van der Waals surface area contributed by atoms with Crippen LogP contribution in [0, 0.1) is 0 Å². The van der Waals surface area contributed by atoms with E-state index in [9.17, 15) is 13.5 Å². The van der Waals surface area contributed by atoms with Gasteiger partial charge in [-0.3, -0.25) is 0 Å². The molecule has 1 unspecified atom stereocenters. The Morgan fingerprint density at radius 1 is 0.971 bits per heavy atom. The van der Waals surface area contributed by atoms with E-state index in [0.717, 1.165) is 16.7 Å². The minimum atomic E-state index is -4.01. The third-order valence-electron chi connectivity index (χ3n) is 6.74. The van der Waals surface area contributed by atoms with E-state index in [-0.39, 0.29) is 24.8 Å². The van der Waals surface area contributed by atoms with Crippen LogP contribution in [0.3, 0.4) is 0 Å². The summed E-state index contributed by atoms with van der Waals surface area (Å²) in [5.74, 6) is 0.0547. The van der Waals surface area contributed by atoms with Gasteiger partial charge in [0.2, 0.25) is 5.90 Å². The highest BCUT2D eigenvalue weighted by molar-refractivity contribution is 7.91. The summed E-state index contributed by atoms with van der Waals surface area (Å²) >= 11 is 0. The Hall–Kier alpha value is -3.10. The van der Waals surface area contributed by atoms with Crippen molar-refractivity contribution >= 4 is 15.9 Å². The highest BCUT2D eigenvalue weighted by Gasteiger charge is 2.58. The number of sulfonamides is 1. The van der Waals surface area contributed by atoms with Gasteiger partial charge in [0.15, 0.2) is 4.75 Å². The predicted octanol–water partition coefficient (Wildman–Crippen LogP) is 4.45. The first-order chi connectivity index (χ1) is 16.2. The van der Waals surface area contributed by atoms with Crippen LogP contribution >= 0.6 is 0 Å². The number of aliphatic hydroxyl groups excluding tert-OH is 1. The molecule has 2 heterocycles. The van der Waals surface area contributed by atoms with Gasteiger partial charge in [0.25, 0.3) is 10.0 Å². The molecular formula is C26H29N3O4S. The first kappa shape index (κ1) is 24.0. The number of hydrogen-bond acceptors (Lipinski definition) is 6. The van der Waals surface area contributed by atoms with Gasteiger partial charge in [-0.2, -0.15) is 0 Å². The Balaban J connectivity index is 1.73. The Bertz CT molecular complexity index is 1280. The van der Waals surface area contributed by atoms with Crippen molar-refractivity contribution in [3.05, 3.63) is 84.4 Å². The van der Waals surface area contributed by atoms with Crippen molar-refractivity contribution < 1.29 is 18.3 Å².